The lowest BCUT2D eigenvalue weighted by Crippen LogP contribution is -2.45. The van der Waals surface area contributed by atoms with E-state index in [-0.39, 0.29) is 5.41 Å². The number of ether oxygens (including phenoxy) is 1. The van der Waals surface area contributed by atoms with Gasteiger partial charge in [0, 0.05) is 26.4 Å². The van der Waals surface area contributed by atoms with E-state index in [0.29, 0.717) is 19.2 Å². The van der Waals surface area contributed by atoms with Crippen molar-refractivity contribution in [3.63, 3.8) is 0 Å². The number of morpholine rings is 1. The van der Waals surface area contributed by atoms with Gasteiger partial charge >= 0.3 is 0 Å². The van der Waals surface area contributed by atoms with Crippen LogP contribution in [0.3, 0.4) is 0 Å². The first-order valence-corrected chi connectivity index (χ1v) is 5.60. The van der Waals surface area contributed by atoms with Gasteiger partial charge in [-0.2, -0.15) is 5.10 Å². The summed E-state index contributed by atoms with van der Waals surface area (Å²) in [7, 11) is 1.81. The minimum absolute atomic E-state index is 0.0412. The smallest absolute Gasteiger partial charge is 0.214 e. The molecule has 0 spiro atoms. The lowest BCUT2D eigenvalue weighted by atomic mass is 9.99. The molecule has 0 amide bonds. The first kappa shape index (κ1) is 13.0. The number of nitrogens with zero attached hydrogens (tertiary/aromatic N) is 3. The minimum atomic E-state index is 0.0412. The van der Waals surface area contributed by atoms with Gasteiger partial charge in [-0.25, -0.2) is 5.01 Å². The summed E-state index contributed by atoms with van der Waals surface area (Å²) in [4.78, 5) is 1.98. The van der Waals surface area contributed by atoms with Gasteiger partial charge in [0.2, 0.25) is 5.96 Å². The van der Waals surface area contributed by atoms with Crippen molar-refractivity contribution in [3.8, 4) is 0 Å². The van der Waals surface area contributed by atoms with E-state index in [9.17, 15) is 0 Å². The third-order valence-electron chi connectivity index (χ3n) is 2.24. The van der Waals surface area contributed by atoms with Crippen LogP contribution in [-0.4, -0.2) is 55.4 Å². The van der Waals surface area contributed by atoms with E-state index in [4.69, 9.17) is 10.1 Å². The molecule has 16 heavy (non-hydrogen) atoms. The fraction of sp³-hybridized carbons (Fsp3) is 0.818. The molecule has 1 fully saturated rings. The Morgan fingerprint density at radius 1 is 1.38 bits per heavy atom. The summed E-state index contributed by atoms with van der Waals surface area (Å²) >= 11 is 0. The molecule has 1 rings (SSSR count). The number of hydrogen-bond acceptors (Lipinski definition) is 3. The molecule has 1 aliphatic rings. The average Bonchev–Trinajstić information content (AvgIpc) is 2.25. The van der Waals surface area contributed by atoms with E-state index in [1.807, 2.05) is 11.1 Å². The number of nitrogens with one attached hydrogen (secondary N) is 1. The van der Waals surface area contributed by atoms with Crippen LogP contribution in [0.1, 0.15) is 20.8 Å². The molecular weight excluding hydrogens is 204 g/mol. The summed E-state index contributed by atoms with van der Waals surface area (Å²) in [6, 6.07) is 0. The Labute approximate surface area is 97.6 Å². The Hall–Kier alpha value is -1.10. The van der Waals surface area contributed by atoms with Gasteiger partial charge in [-0.1, -0.05) is 20.8 Å². The maximum Gasteiger partial charge on any atom is 0.214 e. The van der Waals surface area contributed by atoms with E-state index in [1.165, 1.54) is 0 Å². The van der Waals surface area contributed by atoms with E-state index in [2.05, 4.69) is 25.9 Å². The summed E-state index contributed by atoms with van der Waals surface area (Å²) in [5.41, 5.74) is 0.0412. The number of hydrazone groups is 1. The predicted molar refractivity (Wildman–Crippen MR) is 65.8 cm³/mol. The number of rotatable bonds is 1. The molecule has 0 bridgehead atoms. The third-order valence-corrected chi connectivity index (χ3v) is 2.24. The van der Waals surface area contributed by atoms with E-state index >= 15 is 0 Å². The van der Waals surface area contributed by atoms with Crippen molar-refractivity contribution < 1.29 is 4.74 Å². The van der Waals surface area contributed by atoms with Crippen molar-refractivity contribution in [1.29, 1.82) is 5.41 Å². The van der Waals surface area contributed by atoms with Crippen molar-refractivity contribution in [2.75, 3.05) is 33.4 Å². The Kier molecular flexibility index (Phi) is 4.29. The molecule has 5 heteroatoms. The zero-order chi connectivity index (χ0) is 12.2. The highest BCUT2D eigenvalue weighted by Gasteiger charge is 2.17. The van der Waals surface area contributed by atoms with Crippen LogP contribution in [0.2, 0.25) is 0 Å². The van der Waals surface area contributed by atoms with Crippen LogP contribution >= 0.6 is 0 Å². The van der Waals surface area contributed by atoms with Crippen LogP contribution in [0, 0.1) is 10.8 Å². The van der Waals surface area contributed by atoms with Crippen LogP contribution in [0.15, 0.2) is 5.10 Å². The molecule has 92 valence electrons. The van der Waals surface area contributed by atoms with Gasteiger partial charge in [0.15, 0.2) is 0 Å². The fourth-order valence-electron chi connectivity index (χ4n) is 1.29. The maximum atomic E-state index is 7.98. The molecule has 0 aromatic rings. The summed E-state index contributed by atoms with van der Waals surface area (Å²) in [5.74, 6) is 0.434. The van der Waals surface area contributed by atoms with Crippen molar-refractivity contribution >= 4 is 12.2 Å². The van der Waals surface area contributed by atoms with Crippen LogP contribution in [0.5, 0.6) is 0 Å². The molecule has 0 unspecified atom stereocenters. The van der Waals surface area contributed by atoms with Gasteiger partial charge in [0.05, 0.1) is 13.2 Å². The van der Waals surface area contributed by atoms with Crippen molar-refractivity contribution in [2.45, 2.75) is 20.8 Å². The molecule has 5 nitrogen and oxygen atoms in total. The lowest BCUT2D eigenvalue weighted by molar-refractivity contribution is 0.0627. The first-order valence-electron chi connectivity index (χ1n) is 5.60. The summed E-state index contributed by atoms with van der Waals surface area (Å²) in [6.45, 7) is 9.19. The van der Waals surface area contributed by atoms with Gasteiger partial charge in [-0.3, -0.25) is 5.41 Å². The van der Waals surface area contributed by atoms with Crippen LogP contribution in [0.4, 0.5) is 0 Å². The van der Waals surface area contributed by atoms with Gasteiger partial charge in [-0.05, 0) is 5.41 Å². The largest absolute Gasteiger partial charge is 0.378 e. The summed E-state index contributed by atoms with van der Waals surface area (Å²) in [5, 5.41) is 13.9. The Bertz CT molecular complexity index is 264. The minimum Gasteiger partial charge on any atom is -0.378 e. The van der Waals surface area contributed by atoms with Crippen LogP contribution in [-0.2, 0) is 4.74 Å². The number of guanidine groups is 1. The van der Waals surface area contributed by atoms with E-state index in [0.717, 1.165) is 13.1 Å². The second-order valence-corrected chi connectivity index (χ2v) is 5.06. The molecule has 0 aliphatic carbocycles. The fourth-order valence-corrected chi connectivity index (χ4v) is 1.29. The summed E-state index contributed by atoms with van der Waals surface area (Å²) < 4.78 is 5.25. The normalized spacial score (nSPS) is 17.9. The molecule has 0 saturated carbocycles. The SMILES string of the molecule is CN(/N=C/C(C)(C)C)C(=N)N1CCOCC1. The van der Waals surface area contributed by atoms with Gasteiger partial charge in [0.1, 0.15) is 0 Å². The number of hydrogen-bond donors (Lipinski definition) is 1. The Morgan fingerprint density at radius 2 is 1.94 bits per heavy atom. The monoisotopic (exact) mass is 226 g/mol. The summed E-state index contributed by atoms with van der Waals surface area (Å²) in [6.07, 6.45) is 1.86. The maximum absolute atomic E-state index is 7.98. The molecule has 1 aliphatic heterocycles. The van der Waals surface area contributed by atoms with Crippen LogP contribution < -0.4 is 0 Å². The Morgan fingerprint density at radius 3 is 2.44 bits per heavy atom. The van der Waals surface area contributed by atoms with Crippen molar-refractivity contribution in [1.82, 2.24) is 9.91 Å². The highest BCUT2D eigenvalue weighted by molar-refractivity contribution is 5.78. The molecule has 1 N–H and O–H groups in total. The second kappa shape index (κ2) is 5.30. The van der Waals surface area contributed by atoms with Crippen molar-refractivity contribution in [2.24, 2.45) is 10.5 Å². The quantitative estimate of drug-likeness (QED) is 0.415. The molecule has 0 aromatic carbocycles. The highest BCUT2D eigenvalue weighted by atomic mass is 16.5. The third kappa shape index (κ3) is 4.18. The predicted octanol–water partition coefficient (Wildman–Crippen LogP) is 1.22. The standard InChI is InChI=1S/C11H22N4O/c1-11(2,3)9-13-14(4)10(12)15-5-7-16-8-6-15/h9,12H,5-8H2,1-4H3/b12-10?,13-9+. The Balaban J connectivity index is 2.49. The van der Waals surface area contributed by atoms with Gasteiger partial charge in [-0.15, -0.1) is 0 Å². The molecule has 0 atom stereocenters. The van der Waals surface area contributed by atoms with Gasteiger partial charge < -0.3 is 9.64 Å². The zero-order valence-corrected chi connectivity index (χ0v) is 10.7. The highest BCUT2D eigenvalue weighted by Crippen LogP contribution is 2.09. The second-order valence-electron chi connectivity index (χ2n) is 5.06. The topological polar surface area (TPSA) is 51.9 Å². The molecular formula is C11H22N4O. The van der Waals surface area contributed by atoms with E-state index < -0.39 is 0 Å². The molecule has 0 radical (unpaired) electrons. The molecule has 1 heterocycles. The van der Waals surface area contributed by atoms with Gasteiger partial charge in [0.25, 0.3) is 0 Å². The van der Waals surface area contributed by atoms with Crippen LogP contribution in [0.25, 0.3) is 0 Å². The zero-order valence-electron chi connectivity index (χ0n) is 10.7. The molecule has 0 aromatic heterocycles. The lowest BCUT2D eigenvalue weighted by Gasteiger charge is -2.31. The van der Waals surface area contributed by atoms with E-state index in [1.54, 1.807) is 12.1 Å². The average molecular weight is 226 g/mol. The first-order chi connectivity index (χ1) is 7.40. The van der Waals surface area contributed by atoms with Crippen molar-refractivity contribution in [3.05, 3.63) is 0 Å². The molecule has 1 saturated heterocycles.